The van der Waals surface area contributed by atoms with Crippen molar-refractivity contribution >= 4 is 51.4 Å². The highest BCUT2D eigenvalue weighted by Crippen LogP contribution is 2.31. The lowest BCUT2D eigenvalue weighted by Gasteiger charge is -2.42. The number of carbonyl (C=O) groups is 4. The molecule has 0 unspecified atom stereocenters. The number of hydrogen-bond acceptors (Lipinski definition) is 9. The molecule has 0 amide bonds. The molecule has 1 saturated heterocycles. The van der Waals surface area contributed by atoms with Crippen LogP contribution in [0.15, 0.2) is 0 Å². The normalized spacial score (nSPS) is 28.6. The van der Waals surface area contributed by atoms with E-state index < -0.39 is 59.2 Å². The Labute approximate surface area is 157 Å². The summed E-state index contributed by atoms with van der Waals surface area (Å²) in [5.41, 5.74) is 0. The molecule has 11 heteroatoms. The molecule has 1 aliphatic rings. The Bertz CT molecular complexity index is 526. The Morgan fingerprint density at radius 1 is 0.920 bits per heavy atom. The Morgan fingerprint density at radius 2 is 1.48 bits per heavy atom. The van der Waals surface area contributed by atoms with E-state index in [2.05, 4.69) is 15.9 Å². The molecule has 0 radical (unpaired) electrons. The molecule has 142 valence electrons. The van der Waals surface area contributed by atoms with Crippen LogP contribution in [0.2, 0.25) is 0 Å². The van der Waals surface area contributed by atoms with E-state index in [4.69, 9.17) is 35.3 Å². The molecule has 0 N–H and O–H groups in total. The van der Waals surface area contributed by atoms with Crippen molar-refractivity contribution in [2.45, 2.75) is 50.2 Å². The van der Waals surface area contributed by atoms with Crippen molar-refractivity contribution in [1.29, 1.82) is 0 Å². The first-order valence-corrected chi connectivity index (χ1v) is 8.63. The van der Waals surface area contributed by atoms with Crippen LogP contribution in [0, 0.1) is 0 Å². The van der Waals surface area contributed by atoms with Crippen molar-refractivity contribution < 1.29 is 42.9 Å². The van der Waals surface area contributed by atoms with Gasteiger partial charge in [-0.05, 0) is 0 Å². The van der Waals surface area contributed by atoms with Gasteiger partial charge in [0.2, 0.25) is 0 Å². The first-order valence-electron chi connectivity index (χ1n) is 7.18. The molecule has 0 saturated carbocycles. The molecule has 1 fully saturated rings. The van der Waals surface area contributed by atoms with Gasteiger partial charge in [-0.2, -0.15) is 0 Å². The van der Waals surface area contributed by atoms with Crippen LogP contribution in [0.4, 0.5) is 0 Å². The molecule has 0 aliphatic carbocycles. The zero-order chi connectivity index (χ0) is 19.1. The van der Waals surface area contributed by atoms with Crippen LogP contribution in [0.25, 0.3) is 0 Å². The fourth-order valence-corrected chi connectivity index (χ4v) is 2.92. The van der Waals surface area contributed by atoms with E-state index in [1.165, 1.54) is 6.92 Å². The van der Waals surface area contributed by atoms with E-state index in [1.54, 1.807) is 0 Å². The zero-order valence-corrected chi connectivity index (χ0v) is 16.1. The Morgan fingerprint density at radius 3 is 1.96 bits per heavy atom. The van der Waals surface area contributed by atoms with Crippen LogP contribution in [0.1, 0.15) is 20.8 Å². The summed E-state index contributed by atoms with van der Waals surface area (Å²) in [4.78, 5) is 45.5. The van der Waals surface area contributed by atoms with Gasteiger partial charge in [0.25, 0.3) is 0 Å². The lowest BCUT2D eigenvalue weighted by molar-refractivity contribution is -0.236. The molecule has 0 aromatic rings. The predicted octanol–water partition coefficient (Wildman–Crippen LogP) is 0.683. The van der Waals surface area contributed by atoms with Crippen LogP contribution >= 0.6 is 27.5 Å². The molecule has 0 aromatic carbocycles. The summed E-state index contributed by atoms with van der Waals surface area (Å²) >= 11 is 8.59. The molecular formula is C14H18BrClO9. The predicted molar refractivity (Wildman–Crippen MR) is 85.9 cm³/mol. The number of hydrogen-bond donors (Lipinski definition) is 0. The highest BCUT2D eigenvalue weighted by Gasteiger charge is 2.51. The number of alkyl halides is 2. The van der Waals surface area contributed by atoms with E-state index >= 15 is 0 Å². The van der Waals surface area contributed by atoms with Crippen molar-refractivity contribution in [3.05, 3.63) is 0 Å². The van der Waals surface area contributed by atoms with Gasteiger partial charge < -0.3 is 23.7 Å². The highest BCUT2D eigenvalue weighted by molar-refractivity contribution is 9.09. The van der Waals surface area contributed by atoms with Gasteiger partial charge in [-0.25, -0.2) is 0 Å². The SMILES string of the molecule is CC(=O)OC[C@H]1O[C@H](Br)[C@H](OC(=O)CCl)[C@@H](OC(C)=O)[C@H]1OC(C)=O. The maximum absolute atomic E-state index is 11.5. The van der Waals surface area contributed by atoms with Gasteiger partial charge in [0.1, 0.15) is 18.6 Å². The quantitative estimate of drug-likeness (QED) is 0.331. The third-order valence-electron chi connectivity index (χ3n) is 3.01. The van der Waals surface area contributed by atoms with Crippen LogP contribution in [0.3, 0.4) is 0 Å². The number of carbonyl (C=O) groups excluding carboxylic acids is 4. The second-order valence-corrected chi connectivity index (χ2v) is 6.23. The zero-order valence-electron chi connectivity index (χ0n) is 13.7. The van der Waals surface area contributed by atoms with Crippen molar-refractivity contribution in [2.24, 2.45) is 0 Å². The van der Waals surface area contributed by atoms with Crippen molar-refractivity contribution in [3.8, 4) is 0 Å². The first-order chi connectivity index (χ1) is 11.6. The van der Waals surface area contributed by atoms with Gasteiger partial charge in [0.05, 0.1) is 0 Å². The average Bonchev–Trinajstić information content (AvgIpc) is 2.50. The Hall–Kier alpha value is -1.39. The molecule has 5 atom stereocenters. The monoisotopic (exact) mass is 444 g/mol. The van der Waals surface area contributed by atoms with E-state index in [0.717, 1.165) is 13.8 Å². The lowest BCUT2D eigenvalue weighted by atomic mass is 9.99. The summed E-state index contributed by atoms with van der Waals surface area (Å²) in [6.07, 6.45) is -4.43. The smallest absolute Gasteiger partial charge is 0.321 e. The highest BCUT2D eigenvalue weighted by atomic mass is 79.9. The van der Waals surface area contributed by atoms with Crippen LogP contribution in [0.5, 0.6) is 0 Å². The molecule has 0 aromatic heterocycles. The van der Waals surface area contributed by atoms with Gasteiger partial charge in [0, 0.05) is 20.8 Å². The van der Waals surface area contributed by atoms with Crippen LogP contribution in [-0.4, -0.2) is 65.8 Å². The third kappa shape index (κ3) is 6.79. The number of halogens is 2. The molecule has 1 rings (SSSR count). The topological polar surface area (TPSA) is 114 Å². The first kappa shape index (κ1) is 21.7. The number of ether oxygens (including phenoxy) is 5. The standard InChI is InChI=1S/C14H18BrClO9/c1-6(17)21-5-9-11(22-7(2)18)12(23-8(3)19)13(14(15)24-9)25-10(20)4-16/h9,11-14H,4-5H2,1-3H3/t9-,11+,12+,13-,14+/m1/s1. The van der Waals surface area contributed by atoms with E-state index in [9.17, 15) is 19.2 Å². The van der Waals surface area contributed by atoms with Gasteiger partial charge in [-0.3, -0.25) is 19.2 Å². The molecular weight excluding hydrogens is 428 g/mol. The van der Waals surface area contributed by atoms with Crippen molar-refractivity contribution in [1.82, 2.24) is 0 Å². The summed E-state index contributed by atoms with van der Waals surface area (Å²) in [5, 5.41) is -0.920. The minimum Gasteiger partial charge on any atom is -0.463 e. The fourth-order valence-electron chi connectivity index (χ4n) is 2.17. The van der Waals surface area contributed by atoms with Crippen LogP contribution in [-0.2, 0) is 42.9 Å². The second-order valence-electron chi connectivity index (χ2n) is 5.06. The number of rotatable bonds is 6. The average molecular weight is 446 g/mol. The Kier molecular flexibility index (Phi) is 8.60. The Balaban J connectivity index is 3.12. The molecule has 9 nitrogen and oxygen atoms in total. The minimum atomic E-state index is -1.19. The number of esters is 4. The largest absolute Gasteiger partial charge is 0.463 e. The summed E-state index contributed by atoms with van der Waals surface area (Å²) in [7, 11) is 0. The fraction of sp³-hybridized carbons (Fsp3) is 0.714. The summed E-state index contributed by atoms with van der Waals surface area (Å²) in [6.45, 7) is 3.23. The minimum absolute atomic E-state index is 0.261. The van der Waals surface area contributed by atoms with Gasteiger partial charge in [-0.15, -0.1) is 11.6 Å². The maximum atomic E-state index is 11.5. The lowest BCUT2D eigenvalue weighted by Crippen LogP contribution is -2.61. The van der Waals surface area contributed by atoms with Gasteiger partial charge in [-0.1, -0.05) is 15.9 Å². The van der Waals surface area contributed by atoms with E-state index in [-0.39, 0.29) is 6.61 Å². The van der Waals surface area contributed by atoms with Crippen molar-refractivity contribution in [2.75, 3.05) is 12.5 Å². The maximum Gasteiger partial charge on any atom is 0.321 e. The van der Waals surface area contributed by atoms with Gasteiger partial charge >= 0.3 is 23.9 Å². The van der Waals surface area contributed by atoms with E-state index in [0.29, 0.717) is 0 Å². The molecule has 25 heavy (non-hydrogen) atoms. The van der Waals surface area contributed by atoms with E-state index in [1.807, 2.05) is 0 Å². The molecule has 0 spiro atoms. The van der Waals surface area contributed by atoms with Gasteiger partial charge in [0.15, 0.2) is 23.3 Å². The molecule has 1 aliphatic heterocycles. The summed E-state index contributed by atoms with van der Waals surface area (Å²) in [5.74, 6) is -3.16. The summed E-state index contributed by atoms with van der Waals surface area (Å²) in [6, 6.07) is 0. The third-order valence-corrected chi connectivity index (χ3v) is 3.96. The molecule has 1 heterocycles. The molecule has 0 bridgehead atoms. The van der Waals surface area contributed by atoms with Crippen LogP contribution < -0.4 is 0 Å². The summed E-state index contributed by atoms with van der Waals surface area (Å²) < 4.78 is 25.9. The van der Waals surface area contributed by atoms with Crippen molar-refractivity contribution in [3.63, 3.8) is 0 Å². The second kappa shape index (κ2) is 9.93.